The summed E-state index contributed by atoms with van der Waals surface area (Å²) in [5.74, 6) is -0.697. The second-order valence-corrected chi connectivity index (χ2v) is 5.81. The van der Waals surface area contributed by atoms with E-state index in [0.29, 0.717) is 5.56 Å². The number of benzene rings is 2. The van der Waals surface area contributed by atoms with Gasteiger partial charge in [0.25, 0.3) is 5.91 Å². The lowest BCUT2D eigenvalue weighted by atomic mass is 10.1. The van der Waals surface area contributed by atoms with Gasteiger partial charge in [-0.2, -0.15) is 0 Å². The Balaban J connectivity index is 2.13. The first kappa shape index (κ1) is 15.1. The Morgan fingerprint density at radius 1 is 1.30 bits per heavy atom. The van der Waals surface area contributed by atoms with Gasteiger partial charge in [0, 0.05) is 14.9 Å². The highest BCUT2D eigenvalue weighted by atomic mass is 79.9. The summed E-state index contributed by atoms with van der Waals surface area (Å²) in [5.41, 5.74) is 1.37. The van der Waals surface area contributed by atoms with Crippen LogP contribution in [0.4, 0.5) is 4.39 Å². The molecule has 1 amide bonds. The largest absolute Gasteiger partial charge is 0.346 e. The second kappa shape index (κ2) is 6.41. The van der Waals surface area contributed by atoms with Gasteiger partial charge >= 0.3 is 0 Å². The summed E-state index contributed by atoms with van der Waals surface area (Å²) in [6, 6.07) is 11.7. The van der Waals surface area contributed by atoms with Crippen molar-refractivity contribution in [2.45, 2.75) is 17.9 Å². The second-order valence-electron chi connectivity index (χ2n) is 4.42. The maximum absolute atomic E-state index is 13.1. The zero-order valence-corrected chi connectivity index (χ0v) is 13.2. The first-order chi connectivity index (χ1) is 9.47. The fourth-order valence-corrected chi connectivity index (χ4v) is 2.42. The standard InChI is InChI=1S/C15H13BrFNOS/c1-9(10-3-2-4-12(16)7-10)18-15(19)11-5-6-13(17)14(20)8-11/h2-9,20H,1H3,(H,18,19). The van der Waals surface area contributed by atoms with Crippen molar-refractivity contribution in [3.05, 3.63) is 63.9 Å². The lowest BCUT2D eigenvalue weighted by Gasteiger charge is -2.15. The highest BCUT2D eigenvalue weighted by Crippen LogP contribution is 2.19. The number of hydrogen-bond donors (Lipinski definition) is 2. The molecule has 2 nitrogen and oxygen atoms in total. The fourth-order valence-electron chi connectivity index (χ4n) is 1.79. The van der Waals surface area contributed by atoms with Crippen LogP contribution < -0.4 is 5.32 Å². The first-order valence-electron chi connectivity index (χ1n) is 6.02. The summed E-state index contributed by atoms with van der Waals surface area (Å²) in [4.78, 5) is 12.3. The van der Waals surface area contributed by atoms with E-state index in [1.807, 2.05) is 31.2 Å². The molecule has 5 heteroatoms. The van der Waals surface area contributed by atoms with Crippen LogP contribution in [0.3, 0.4) is 0 Å². The van der Waals surface area contributed by atoms with Gasteiger partial charge in [0.1, 0.15) is 5.82 Å². The number of thiol groups is 1. The highest BCUT2D eigenvalue weighted by molar-refractivity contribution is 9.10. The van der Waals surface area contributed by atoms with Crippen LogP contribution in [0.25, 0.3) is 0 Å². The Morgan fingerprint density at radius 3 is 2.70 bits per heavy atom. The molecule has 104 valence electrons. The van der Waals surface area contributed by atoms with Crippen molar-refractivity contribution in [1.82, 2.24) is 5.32 Å². The van der Waals surface area contributed by atoms with Crippen molar-refractivity contribution in [3.63, 3.8) is 0 Å². The number of amides is 1. The molecular weight excluding hydrogens is 341 g/mol. The molecule has 0 aliphatic rings. The first-order valence-corrected chi connectivity index (χ1v) is 7.26. The molecule has 0 saturated carbocycles. The van der Waals surface area contributed by atoms with E-state index in [1.54, 1.807) is 0 Å². The van der Waals surface area contributed by atoms with Crippen molar-refractivity contribution in [2.75, 3.05) is 0 Å². The van der Waals surface area contributed by atoms with E-state index in [-0.39, 0.29) is 16.8 Å². The smallest absolute Gasteiger partial charge is 0.251 e. The van der Waals surface area contributed by atoms with Crippen LogP contribution in [0.2, 0.25) is 0 Å². The molecule has 1 unspecified atom stereocenters. The molecule has 0 aromatic heterocycles. The van der Waals surface area contributed by atoms with Crippen LogP contribution in [0.1, 0.15) is 28.9 Å². The van der Waals surface area contributed by atoms with E-state index < -0.39 is 5.82 Å². The van der Waals surface area contributed by atoms with Crippen LogP contribution in [0, 0.1) is 5.82 Å². The number of rotatable bonds is 3. The summed E-state index contributed by atoms with van der Waals surface area (Å²) in [6.45, 7) is 1.89. The maximum Gasteiger partial charge on any atom is 0.251 e. The molecule has 2 aromatic rings. The molecule has 2 rings (SSSR count). The summed E-state index contributed by atoms with van der Waals surface area (Å²) < 4.78 is 14.1. The van der Waals surface area contributed by atoms with Crippen molar-refractivity contribution < 1.29 is 9.18 Å². The molecule has 1 N–H and O–H groups in total. The SMILES string of the molecule is CC(NC(=O)c1ccc(F)c(S)c1)c1cccc(Br)c1. The van der Waals surface area contributed by atoms with Crippen molar-refractivity contribution in [1.29, 1.82) is 0 Å². The van der Waals surface area contributed by atoms with E-state index in [2.05, 4.69) is 33.9 Å². The third-order valence-corrected chi connectivity index (χ3v) is 3.74. The van der Waals surface area contributed by atoms with Gasteiger partial charge in [-0.3, -0.25) is 4.79 Å². The molecule has 20 heavy (non-hydrogen) atoms. The van der Waals surface area contributed by atoms with Crippen LogP contribution in [-0.2, 0) is 0 Å². The molecular formula is C15H13BrFNOS. The van der Waals surface area contributed by atoms with E-state index in [1.165, 1.54) is 18.2 Å². The van der Waals surface area contributed by atoms with E-state index in [0.717, 1.165) is 10.0 Å². The van der Waals surface area contributed by atoms with E-state index >= 15 is 0 Å². The highest BCUT2D eigenvalue weighted by Gasteiger charge is 2.12. The van der Waals surface area contributed by atoms with Gasteiger partial charge in [0.05, 0.1) is 6.04 Å². The average molecular weight is 354 g/mol. The molecule has 1 atom stereocenters. The maximum atomic E-state index is 13.1. The monoisotopic (exact) mass is 353 g/mol. The van der Waals surface area contributed by atoms with E-state index in [4.69, 9.17) is 0 Å². The van der Waals surface area contributed by atoms with Gasteiger partial charge in [-0.25, -0.2) is 4.39 Å². The molecule has 0 spiro atoms. The molecule has 0 fully saturated rings. The summed E-state index contributed by atoms with van der Waals surface area (Å²) in [7, 11) is 0. The number of hydrogen-bond acceptors (Lipinski definition) is 2. The lowest BCUT2D eigenvalue weighted by molar-refractivity contribution is 0.0939. The van der Waals surface area contributed by atoms with Crippen LogP contribution in [-0.4, -0.2) is 5.91 Å². The quantitative estimate of drug-likeness (QED) is 0.788. The normalized spacial score (nSPS) is 12.0. The van der Waals surface area contributed by atoms with Crippen molar-refractivity contribution in [3.8, 4) is 0 Å². The minimum Gasteiger partial charge on any atom is -0.346 e. The Labute approximate surface area is 130 Å². The van der Waals surface area contributed by atoms with Gasteiger partial charge in [-0.05, 0) is 42.8 Å². The predicted octanol–water partition coefficient (Wildman–Crippen LogP) is 4.37. The molecule has 0 aliphatic heterocycles. The average Bonchev–Trinajstić information content (AvgIpc) is 2.41. The Morgan fingerprint density at radius 2 is 2.05 bits per heavy atom. The third kappa shape index (κ3) is 3.61. The molecule has 0 aliphatic carbocycles. The van der Waals surface area contributed by atoms with Crippen molar-refractivity contribution in [2.24, 2.45) is 0 Å². The third-order valence-electron chi connectivity index (χ3n) is 2.90. The van der Waals surface area contributed by atoms with Gasteiger partial charge in [0.2, 0.25) is 0 Å². The molecule has 0 saturated heterocycles. The van der Waals surface area contributed by atoms with Crippen LogP contribution in [0.15, 0.2) is 51.8 Å². The molecule has 2 aromatic carbocycles. The zero-order valence-electron chi connectivity index (χ0n) is 10.7. The number of carbonyl (C=O) groups is 1. The predicted molar refractivity (Wildman–Crippen MR) is 83.7 cm³/mol. The summed E-state index contributed by atoms with van der Waals surface area (Å²) >= 11 is 7.37. The Bertz CT molecular complexity index is 648. The summed E-state index contributed by atoms with van der Waals surface area (Å²) in [5, 5.41) is 2.87. The molecule has 0 radical (unpaired) electrons. The van der Waals surface area contributed by atoms with Gasteiger partial charge < -0.3 is 5.32 Å². The minimum atomic E-state index is -0.440. The minimum absolute atomic E-state index is 0.145. The number of halogens is 2. The number of carbonyl (C=O) groups excluding carboxylic acids is 1. The Hall–Kier alpha value is -1.33. The van der Waals surface area contributed by atoms with Crippen LogP contribution >= 0.6 is 28.6 Å². The fraction of sp³-hybridized carbons (Fsp3) is 0.133. The Kier molecular flexibility index (Phi) is 4.83. The van der Waals surface area contributed by atoms with E-state index in [9.17, 15) is 9.18 Å². The van der Waals surface area contributed by atoms with Crippen LogP contribution in [0.5, 0.6) is 0 Å². The summed E-state index contributed by atoms with van der Waals surface area (Å²) in [6.07, 6.45) is 0. The lowest BCUT2D eigenvalue weighted by Crippen LogP contribution is -2.26. The molecule has 0 heterocycles. The number of nitrogens with one attached hydrogen (secondary N) is 1. The van der Waals surface area contributed by atoms with Gasteiger partial charge in [0.15, 0.2) is 0 Å². The van der Waals surface area contributed by atoms with Gasteiger partial charge in [-0.1, -0.05) is 28.1 Å². The van der Waals surface area contributed by atoms with Crippen molar-refractivity contribution >= 4 is 34.5 Å². The topological polar surface area (TPSA) is 29.1 Å². The molecule has 0 bridgehead atoms. The van der Waals surface area contributed by atoms with Gasteiger partial charge in [-0.15, -0.1) is 12.6 Å². The zero-order chi connectivity index (χ0) is 14.7.